The summed E-state index contributed by atoms with van der Waals surface area (Å²) in [5.74, 6) is -5.68. The molecule has 28 heavy (non-hydrogen) atoms. The molecule has 1 aromatic rings. The summed E-state index contributed by atoms with van der Waals surface area (Å²) in [7, 11) is -2.82. The fourth-order valence-electron chi connectivity index (χ4n) is 3.04. The lowest BCUT2D eigenvalue weighted by Gasteiger charge is -2.18. The molecular weight excluding hydrogens is 409 g/mol. The monoisotopic (exact) mass is 423 g/mol. The Morgan fingerprint density at radius 2 is 1.86 bits per heavy atom. The van der Waals surface area contributed by atoms with Crippen molar-refractivity contribution < 1.29 is 35.2 Å². The first-order valence-electron chi connectivity index (χ1n) is 7.90. The average molecular weight is 423 g/mol. The lowest BCUT2D eigenvalue weighted by molar-refractivity contribution is -0.114. The normalized spacial score (nSPS) is 23.8. The molecule has 2 aliphatic heterocycles. The van der Waals surface area contributed by atoms with E-state index in [4.69, 9.17) is 0 Å². The van der Waals surface area contributed by atoms with Gasteiger partial charge in [-0.3, -0.25) is 4.79 Å². The van der Waals surface area contributed by atoms with Crippen LogP contribution in [0.2, 0.25) is 0 Å². The van der Waals surface area contributed by atoms with E-state index < -0.39 is 56.8 Å². The van der Waals surface area contributed by atoms with E-state index in [1.54, 1.807) is 0 Å². The predicted molar refractivity (Wildman–Crippen MR) is 89.4 cm³/mol. The number of allylic oxidation sites excluding steroid dienone is 1. The largest absolute Gasteiger partial charge is 0.368 e. The van der Waals surface area contributed by atoms with Crippen molar-refractivity contribution in [1.82, 2.24) is 9.62 Å². The third-order valence-electron chi connectivity index (χ3n) is 4.33. The fraction of sp³-hybridized carbons (Fsp3) is 0.312. The Morgan fingerprint density at radius 1 is 1.25 bits per heavy atom. The van der Waals surface area contributed by atoms with Crippen molar-refractivity contribution in [1.29, 1.82) is 0 Å². The third-order valence-corrected chi connectivity index (χ3v) is 6.08. The maximum absolute atomic E-state index is 13.3. The molecule has 1 aromatic carbocycles. The molecule has 3 rings (SSSR count). The zero-order valence-electron chi connectivity index (χ0n) is 14.2. The Hall–Kier alpha value is -2.47. The molecule has 0 aliphatic carbocycles. The fourth-order valence-corrected chi connectivity index (χ4v) is 4.71. The molecule has 0 saturated heterocycles. The van der Waals surface area contributed by atoms with Crippen LogP contribution in [-0.4, -0.2) is 50.5 Å². The first kappa shape index (κ1) is 20.3. The quantitative estimate of drug-likeness (QED) is 0.574. The number of nitrogens with zero attached hydrogens (tertiary/aromatic N) is 1. The van der Waals surface area contributed by atoms with Gasteiger partial charge in [-0.2, -0.15) is 0 Å². The van der Waals surface area contributed by atoms with Crippen molar-refractivity contribution in [3.63, 3.8) is 0 Å². The van der Waals surface area contributed by atoms with Crippen molar-refractivity contribution in [3.05, 3.63) is 53.0 Å². The molecule has 1 amide bonds. The van der Waals surface area contributed by atoms with Gasteiger partial charge < -0.3 is 10.2 Å². The van der Waals surface area contributed by atoms with E-state index in [9.17, 15) is 35.2 Å². The Morgan fingerprint density at radius 3 is 2.43 bits per heavy atom. The van der Waals surface area contributed by atoms with Crippen LogP contribution in [-0.2, 0) is 14.8 Å². The Kier molecular flexibility index (Phi) is 5.19. The highest BCUT2D eigenvalue weighted by molar-refractivity contribution is 7.90. The van der Waals surface area contributed by atoms with Crippen molar-refractivity contribution in [2.45, 2.75) is 17.7 Å². The summed E-state index contributed by atoms with van der Waals surface area (Å²) in [6.07, 6.45) is -0.949. The molecule has 0 spiro atoms. The molecule has 2 aliphatic rings. The number of hydrogen-bond acceptors (Lipinski definition) is 4. The summed E-state index contributed by atoms with van der Waals surface area (Å²) in [6, 6.07) is -0.637. The summed E-state index contributed by atoms with van der Waals surface area (Å²) in [5.41, 5.74) is -0.610. The van der Waals surface area contributed by atoms with Crippen LogP contribution in [0.5, 0.6) is 0 Å². The van der Waals surface area contributed by atoms with E-state index in [1.165, 1.54) is 11.9 Å². The zero-order valence-corrected chi connectivity index (χ0v) is 15.0. The van der Waals surface area contributed by atoms with Gasteiger partial charge in [0, 0.05) is 37.0 Å². The summed E-state index contributed by atoms with van der Waals surface area (Å²) in [6.45, 7) is -0.195. The second-order valence-corrected chi connectivity index (χ2v) is 8.16. The van der Waals surface area contributed by atoms with Gasteiger partial charge in [0.1, 0.15) is 17.0 Å². The number of hydrogen-bond donors (Lipinski definition) is 2. The number of anilines is 1. The number of likely N-dealkylation sites (N-methyl/N-ethyl adjacent to an activating group) is 1. The number of alkyl halides is 2. The maximum Gasteiger partial charge on any atom is 0.272 e. The van der Waals surface area contributed by atoms with E-state index in [2.05, 4.69) is 5.32 Å². The number of nitrogens with one attached hydrogen (secondary N) is 2. The van der Waals surface area contributed by atoms with Crippen LogP contribution < -0.4 is 10.0 Å². The van der Waals surface area contributed by atoms with Crippen molar-refractivity contribution >= 4 is 21.6 Å². The van der Waals surface area contributed by atoms with Gasteiger partial charge >= 0.3 is 0 Å². The molecule has 12 heteroatoms. The lowest BCUT2D eigenvalue weighted by atomic mass is 10.1. The smallest absolute Gasteiger partial charge is 0.272 e. The molecule has 0 bridgehead atoms. The lowest BCUT2D eigenvalue weighted by Crippen LogP contribution is -2.43. The van der Waals surface area contributed by atoms with E-state index in [-0.39, 0.29) is 17.8 Å². The molecule has 0 fully saturated rings. The molecule has 2 N–H and O–H groups in total. The van der Waals surface area contributed by atoms with Crippen molar-refractivity contribution in [2.75, 3.05) is 18.9 Å². The van der Waals surface area contributed by atoms with Gasteiger partial charge in [0.25, 0.3) is 12.3 Å². The Bertz CT molecular complexity index is 970. The second-order valence-electron chi connectivity index (χ2n) is 6.26. The van der Waals surface area contributed by atoms with Gasteiger partial charge in [-0.1, -0.05) is 12.2 Å². The minimum absolute atomic E-state index is 0.0429. The number of carbonyl (C=O) groups excluding carboxylic acids is 1. The number of fused-ring (bicyclic) bond motifs is 1. The van der Waals surface area contributed by atoms with Crippen LogP contribution in [0.25, 0.3) is 0 Å². The van der Waals surface area contributed by atoms with Crippen molar-refractivity contribution in [2.24, 2.45) is 0 Å². The van der Waals surface area contributed by atoms with E-state index in [0.717, 1.165) is 12.2 Å². The summed E-state index contributed by atoms with van der Waals surface area (Å²) >= 11 is 0. The Labute approximate surface area is 156 Å². The van der Waals surface area contributed by atoms with Crippen LogP contribution in [0.15, 0.2) is 35.6 Å². The zero-order chi connectivity index (χ0) is 20.8. The van der Waals surface area contributed by atoms with Gasteiger partial charge in [-0.25, -0.2) is 35.1 Å². The average Bonchev–Trinajstić information content (AvgIpc) is 2.87. The molecule has 6 nitrogen and oxygen atoms in total. The molecule has 0 radical (unpaired) electrons. The summed E-state index contributed by atoms with van der Waals surface area (Å²) < 4.78 is 92.3. The third kappa shape index (κ3) is 3.61. The first-order valence-corrected chi connectivity index (χ1v) is 9.44. The SMILES string of the molecule is CN1CC2C(=C1C(=O)Nc1cc(F)c(F)c(F)c1)C=CC(C(F)F)NS2(=O)=O. The number of amides is 1. The minimum Gasteiger partial charge on any atom is -0.368 e. The van der Waals surface area contributed by atoms with Crippen LogP contribution in [0, 0.1) is 17.5 Å². The van der Waals surface area contributed by atoms with Crippen LogP contribution in [0.1, 0.15) is 0 Å². The van der Waals surface area contributed by atoms with E-state index in [1.807, 2.05) is 4.72 Å². The highest BCUT2D eigenvalue weighted by Crippen LogP contribution is 2.31. The summed E-state index contributed by atoms with van der Waals surface area (Å²) in [5, 5.41) is 0.864. The number of rotatable bonds is 3. The Balaban J connectivity index is 1.99. The molecule has 2 atom stereocenters. The van der Waals surface area contributed by atoms with Crippen LogP contribution in [0.3, 0.4) is 0 Å². The van der Waals surface area contributed by atoms with Gasteiger partial charge in [0.15, 0.2) is 17.5 Å². The molecule has 0 aromatic heterocycles. The maximum atomic E-state index is 13.3. The first-order chi connectivity index (χ1) is 13.0. The molecule has 2 unspecified atom stereocenters. The summed E-state index contributed by atoms with van der Waals surface area (Å²) in [4.78, 5) is 13.9. The standard InChI is InChI=1S/C16H14F5N3O3S/c1-24-6-12-8(2-3-11(15(20)21)23-28(12,26)27)14(24)16(25)22-7-4-9(17)13(19)10(18)5-7/h2-5,11-12,15,23H,6H2,1H3,(H,22,25). The number of sulfonamides is 1. The number of halogens is 5. The van der Waals surface area contributed by atoms with Crippen molar-refractivity contribution in [3.8, 4) is 0 Å². The second kappa shape index (κ2) is 7.17. The topological polar surface area (TPSA) is 78.5 Å². The predicted octanol–water partition coefficient (Wildman–Crippen LogP) is 1.73. The van der Waals surface area contributed by atoms with E-state index in [0.29, 0.717) is 12.1 Å². The highest BCUT2D eigenvalue weighted by atomic mass is 32.2. The van der Waals surface area contributed by atoms with Gasteiger partial charge in [-0.15, -0.1) is 0 Å². The number of carbonyl (C=O) groups is 1. The highest BCUT2D eigenvalue weighted by Gasteiger charge is 2.43. The van der Waals surface area contributed by atoms with Gasteiger partial charge in [0.05, 0.1) is 0 Å². The molecule has 0 saturated carbocycles. The number of benzene rings is 1. The van der Waals surface area contributed by atoms with Crippen LogP contribution in [0.4, 0.5) is 27.6 Å². The van der Waals surface area contributed by atoms with Gasteiger partial charge in [-0.05, 0) is 0 Å². The molecule has 152 valence electrons. The molecular formula is C16H14F5N3O3S. The van der Waals surface area contributed by atoms with Gasteiger partial charge in [0.2, 0.25) is 10.0 Å². The van der Waals surface area contributed by atoms with Crippen LogP contribution >= 0.6 is 0 Å². The van der Waals surface area contributed by atoms with E-state index >= 15 is 0 Å². The molecule has 2 heterocycles. The minimum atomic E-state index is -4.22.